The predicted octanol–water partition coefficient (Wildman–Crippen LogP) is 0.126. The van der Waals surface area contributed by atoms with Crippen molar-refractivity contribution >= 4 is 0 Å². The van der Waals surface area contributed by atoms with Gasteiger partial charge in [0.25, 0.3) is 0 Å². The summed E-state index contributed by atoms with van der Waals surface area (Å²) in [5.41, 5.74) is 0. The molecular weight excluding hydrogens is 180 g/mol. The largest absolute Gasteiger partial charge is 0.316 e. The Bertz CT molecular complexity index is 336. The van der Waals surface area contributed by atoms with Crippen LogP contribution in [0.2, 0.25) is 0 Å². The maximum Gasteiger partial charge on any atom is 0.119 e. The van der Waals surface area contributed by atoms with Crippen LogP contribution in [-0.2, 0) is 13.1 Å². The number of nitrogens with zero attached hydrogens (tertiary/aromatic N) is 6. The molecule has 0 amide bonds. The summed E-state index contributed by atoms with van der Waals surface area (Å²) in [5, 5.41) is 14.8. The van der Waals surface area contributed by atoms with Crippen LogP contribution >= 0.6 is 0 Å². The lowest BCUT2D eigenvalue weighted by Crippen LogP contribution is -1.93. The van der Waals surface area contributed by atoms with Crippen molar-refractivity contribution in [1.29, 1.82) is 0 Å². The SMILES string of the molecule is C(=C\Cn1cnnc1)/Cn1cnnc1. The van der Waals surface area contributed by atoms with Gasteiger partial charge in [0.15, 0.2) is 0 Å². The molecule has 14 heavy (non-hydrogen) atoms. The molecule has 6 nitrogen and oxygen atoms in total. The van der Waals surface area contributed by atoms with Crippen LogP contribution in [0.3, 0.4) is 0 Å². The van der Waals surface area contributed by atoms with Crippen LogP contribution in [-0.4, -0.2) is 29.5 Å². The van der Waals surface area contributed by atoms with Crippen molar-refractivity contribution in [2.75, 3.05) is 0 Å². The van der Waals surface area contributed by atoms with Gasteiger partial charge in [-0.1, -0.05) is 12.2 Å². The minimum absolute atomic E-state index is 0.787. The Labute approximate surface area is 80.9 Å². The summed E-state index contributed by atoms with van der Waals surface area (Å²) in [7, 11) is 0. The van der Waals surface area contributed by atoms with E-state index in [4.69, 9.17) is 0 Å². The summed E-state index contributed by atoms with van der Waals surface area (Å²) in [6.07, 6.45) is 10.8. The number of hydrogen-bond donors (Lipinski definition) is 0. The van der Waals surface area contributed by atoms with Crippen molar-refractivity contribution in [3.05, 3.63) is 37.5 Å². The molecule has 0 aromatic carbocycles. The molecule has 0 radical (unpaired) electrons. The lowest BCUT2D eigenvalue weighted by molar-refractivity contribution is 0.786. The normalized spacial score (nSPS) is 11.1. The smallest absolute Gasteiger partial charge is 0.119 e. The zero-order valence-electron chi connectivity index (χ0n) is 7.56. The second kappa shape index (κ2) is 4.31. The molecule has 6 heteroatoms. The molecule has 0 saturated heterocycles. The summed E-state index contributed by atoms with van der Waals surface area (Å²) in [4.78, 5) is 0. The predicted molar refractivity (Wildman–Crippen MR) is 49.2 cm³/mol. The molecule has 0 bridgehead atoms. The van der Waals surface area contributed by atoms with E-state index in [0.29, 0.717) is 0 Å². The number of rotatable bonds is 4. The van der Waals surface area contributed by atoms with Gasteiger partial charge >= 0.3 is 0 Å². The van der Waals surface area contributed by atoms with Crippen LogP contribution < -0.4 is 0 Å². The van der Waals surface area contributed by atoms with E-state index in [1.54, 1.807) is 25.3 Å². The average Bonchev–Trinajstić information content (AvgIpc) is 2.86. The minimum atomic E-state index is 0.787. The van der Waals surface area contributed by atoms with Gasteiger partial charge in [0.2, 0.25) is 0 Å². The molecule has 2 rings (SSSR count). The Morgan fingerprint density at radius 2 is 1.07 bits per heavy atom. The quantitative estimate of drug-likeness (QED) is 0.643. The van der Waals surface area contributed by atoms with Crippen LogP contribution in [0.5, 0.6) is 0 Å². The first-order valence-corrected chi connectivity index (χ1v) is 4.25. The summed E-state index contributed by atoms with van der Waals surface area (Å²) in [6.45, 7) is 1.57. The maximum absolute atomic E-state index is 3.70. The summed E-state index contributed by atoms with van der Waals surface area (Å²) < 4.78 is 3.78. The van der Waals surface area contributed by atoms with Crippen LogP contribution in [0.15, 0.2) is 37.5 Å². The van der Waals surface area contributed by atoms with Gasteiger partial charge in [0.1, 0.15) is 25.3 Å². The third kappa shape index (κ3) is 2.25. The van der Waals surface area contributed by atoms with E-state index >= 15 is 0 Å². The average molecular weight is 190 g/mol. The first kappa shape index (κ1) is 8.61. The third-order valence-corrected chi connectivity index (χ3v) is 1.73. The lowest BCUT2D eigenvalue weighted by Gasteiger charge is -1.94. The fourth-order valence-electron chi connectivity index (χ4n) is 1.03. The van der Waals surface area contributed by atoms with Crippen molar-refractivity contribution in [2.45, 2.75) is 13.1 Å². The van der Waals surface area contributed by atoms with Gasteiger partial charge < -0.3 is 9.13 Å². The Kier molecular flexibility index (Phi) is 2.65. The molecular formula is C8H10N6. The van der Waals surface area contributed by atoms with Gasteiger partial charge in [0, 0.05) is 13.1 Å². The van der Waals surface area contributed by atoms with E-state index in [1.807, 2.05) is 21.3 Å². The molecule has 0 aliphatic heterocycles. The Hall–Kier alpha value is -1.98. The minimum Gasteiger partial charge on any atom is -0.316 e. The maximum atomic E-state index is 3.70. The Morgan fingerprint density at radius 1 is 0.714 bits per heavy atom. The Balaban J connectivity index is 1.79. The van der Waals surface area contributed by atoms with E-state index in [1.165, 1.54) is 0 Å². The highest BCUT2D eigenvalue weighted by Crippen LogP contribution is 1.87. The number of aromatic nitrogens is 6. The standard InChI is InChI=1S/C8H10N6/c1(3-13-5-9-10-6-13)2-4-14-7-11-12-8-14/h1-2,5-8H,3-4H2/b2-1+. The van der Waals surface area contributed by atoms with Crippen LogP contribution in [0.1, 0.15) is 0 Å². The zero-order valence-corrected chi connectivity index (χ0v) is 7.56. The zero-order chi connectivity index (χ0) is 9.64. The van der Waals surface area contributed by atoms with Crippen molar-refractivity contribution in [2.24, 2.45) is 0 Å². The summed E-state index contributed by atoms with van der Waals surface area (Å²) >= 11 is 0. The molecule has 0 atom stereocenters. The molecule has 0 unspecified atom stereocenters. The first-order chi connectivity index (χ1) is 6.95. The molecule has 0 saturated carbocycles. The van der Waals surface area contributed by atoms with Gasteiger partial charge in [-0.25, -0.2) is 0 Å². The van der Waals surface area contributed by atoms with Gasteiger partial charge in [-0.2, -0.15) is 0 Å². The highest BCUT2D eigenvalue weighted by atomic mass is 15.2. The molecule has 0 fully saturated rings. The third-order valence-electron chi connectivity index (χ3n) is 1.73. The first-order valence-electron chi connectivity index (χ1n) is 4.25. The summed E-state index contributed by atoms with van der Waals surface area (Å²) in [5.74, 6) is 0. The van der Waals surface area contributed by atoms with E-state index in [0.717, 1.165) is 13.1 Å². The Morgan fingerprint density at radius 3 is 1.43 bits per heavy atom. The molecule has 0 spiro atoms. The van der Waals surface area contributed by atoms with E-state index in [9.17, 15) is 0 Å². The molecule has 2 aromatic heterocycles. The fourth-order valence-corrected chi connectivity index (χ4v) is 1.03. The van der Waals surface area contributed by atoms with Crippen LogP contribution in [0.25, 0.3) is 0 Å². The highest BCUT2D eigenvalue weighted by Gasteiger charge is 1.86. The lowest BCUT2D eigenvalue weighted by atomic mass is 10.5. The molecule has 0 aliphatic carbocycles. The van der Waals surface area contributed by atoms with Crippen LogP contribution in [0, 0.1) is 0 Å². The fraction of sp³-hybridized carbons (Fsp3) is 0.250. The molecule has 72 valence electrons. The topological polar surface area (TPSA) is 61.4 Å². The number of hydrogen-bond acceptors (Lipinski definition) is 4. The van der Waals surface area contributed by atoms with E-state index in [-0.39, 0.29) is 0 Å². The van der Waals surface area contributed by atoms with Crippen molar-refractivity contribution in [1.82, 2.24) is 29.5 Å². The van der Waals surface area contributed by atoms with Gasteiger partial charge in [-0.05, 0) is 0 Å². The van der Waals surface area contributed by atoms with E-state index < -0.39 is 0 Å². The van der Waals surface area contributed by atoms with E-state index in [2.05, 4.69) is 20.4 Å². The molecule has 0 aliphatic rings. The van der Waals surface area contributed by atoms with Gasteiger partial charge in [0.05, 0.1) is 0 Å². The second-order valence-corrected chi connectivity index (χ2v) is 2.79. The number of allylic oxidation sites excluding steroid dienone is 2. The summed E-state index contributed by atoms with van der Waals surface area (Å²) in [6, 6.07) is 0. The van der Waals surface area contributed by atoms with Crippen molar-refractivity contribution < 1.29 is 0 Å². The highest BCUT2D eigenvalue weighted by molar-refractivity contribution is 4.84. The van der Waals surface area contributed by atoms with Crippen molar-refractivity contribution in [3.8, 4) is 0 Å². The van der Waals surface area contributed by atoms with Crippen LogP contribution in [0.4, 0.5) is 0 Å². The van der Waals surface area contributed by atoms with Gasteiger partial charge in [-0.3, -0.25) is 0 Å². The second-order valence-electron chi connectivity index (χ2n) is 2.79. The monoisotopic (exact) mass is 190 g/mol. The molecule has 2 aromatic rings. The van der Waals surface area contributed by atoms with Crippen molar-refractivity contribution in [3.63, 3.8) is 0 Å². The molecule has 2 heterocycles. The molecule has 0 N–H and O–H groups in total. The van der Waals surface area contributed by atoms with Gasteiger partial charge in [-0.15, -0.1) is 20.4 Å².